The van der Waals surface area contributed by atoms with E-state index >= 15 is 0 Å². The molecule has 108 valence electrons. The Morgan fingerprint density at radius 2 is 2.42 bits per heavy atom. The van der Waals surface area contributed by atoms with Crippen LogP contribution in [0.25, 0.3) is 0 Å². The molecule has 1 aromatic rings. The van der Waals surface area contributed by atoms with Gasteiger partial charge in [0.05, 0.1) is 28.6 Å². The lowest BCUT2D eigenvalue weighted by molar-refractivity contribution is -0.0914. The average molecular weight is 287 g/mol. The van der Waals surface area contributed by atoms with Crippen molar-refractivity contribution >= 4 is 11.6 Å². The van der Waals surface area contributed by atoms with Crippen LogP contribution >= 0.6 is 11.6 Å². The van der Waals surface area contributed by atoms with E-state index in [1.807, 2.05) is 4.68 Å². The van der Waals surface area contributed by atoms with Crippen molar-refractivity contribution in [3.8, 4) is 0 Å². The molecule has 1 aliphatic rings. The lowest BCUT2D eigenvalue weighted by atomic mass is 9.86. The predicted molar refractivity (Wildman–Crippen MR) is 75.8 cm³/mol. The van der Waals surface area contributed by atoms with Crippen molar-refractivity contribution in [1.82, 2.24) is 15.2 Å². The Bertz CT molecular complexity index is 415. The molecular weight excluding hydrogens is 264 g/mol. The summed E-state index contributed by atoms with van der Waals surface area (Å²) in [6.07, 6.45) is 5.90. The van der Waals surface area contributed by atoms with E-state index < -0.39 is 0 Å². The molecule has 0 aliphatic carbocycles. The maximum Gasteiger partial charge on any atom is 0.0930 e. The number of hydrazine groups is 1. The Morgan fingerprint density at radius 3 is 3.00 bits per heavy atom. The van der Waals surface area contributed by atoms with E-state index in [0.29, 0.717) is 5.02 Å². The van der Waals surface area contributed by atoms with Crippen molar-refractivity contribution in [2.24, 2.45) is 5.84 Å². The van der Waals surface area contributed by atoms with Crippen molar-refractivity contribution in [2.75, 3.05) is 6.61 Å². The lowest BCUT2D eigenvalue weighted by Crippen LogP contribution is -2.49. The summed E-state index contributed by atoms with van der Waals surface area (Å²) in [6.45, 7) is 5.81. The number of hydrogen-bond donors (Lipinski definition) is 2. The largest absolute Gasteiger partial charge is 0.373 e. The van der Waals surface area contributed by atoms with Crippen LogP contribution in [0, 0.1) is 0 Å². The summed E-state index contributed by atoms with van der Waals surface area (Å²) >= 11 is 6.30. The smallest absolute Gasteiger partial charge is 0.0930 e. The number of rotatable bonds is 5. The number of hydrogen-bond acceptors (Lipinski definition) is 4. The van der Waals surface area contributed by atoms with E-state index in [1.165, 1.54) is 0 Å². The summed E-state index contributed by atoms with van der Waals surface area (Å²) in [5, 5.41) is 4.98. The molecule has 2 atom stereocenters. The molecule has 1 aromatic heterocycles. The molecule has 1 saturated heterocycles. The summed E-state index contributed by atoms with van der Waals surface area (Å²) in [6, 6.07) is -0.144. The monoisotopic (exact) mass is 286 g/mol. The van der Waals surface area contributed by atoms with Gasteiger partial charge in [0, 0.05) is 13.2 Å². The van der Waals surface area contributed by atoms with Gasteiger partial charge in [-0.2, -0.15) is 5.10 Å². The van der Waals surface area contributed by atoms with Crippen LogP contribution in [0.3, 0.4) is 0 Å². The first-order chi connectivity index (χ1) is 9.12. The fourth-order valence-corrected chi connectivity index (χ4v) is 3.03. The van der Waals surface area contributed by atoms with Gasteiger partial charge in [0.1, 0.15) is 0 Å². The van der Waals surface area contributed by atoms with Crippen LogP contribution < -0.4 is 11.3 Å². The molecule has 1 aliphatic heterocycles. The van der Waals surface area contributed by atoms with Gasteiger partial charge in [0.15, 0.2) is 0 Å². The maximum absolute atomic E-state index is 6.30. The minimum absolute atomic E-state index is 0.144. The summed E-state index contributed by atoms with van der Waals surface area (Å²) in [5.41, 5.74) is 3.48. The van der Waals surface area contributed by atoms with Crippen LogP contribution in [-0.4, -0.2) is 22.0 Å². The highest BCUT2D eigenvalue weighted by molar-refractivity contribution is 6.31. The standard InChI is InChI=1S/C13H23ClN4O/c1-3-7-18-11(10(14)9-16-18)12(17-15)13(2)6-4-5-8-19-13/h9,12,17H,3-8,15H2,1-2H3. The number of halogens is 1. The molecule has 0 saturated carbocycles. The minimum atomic E-state index is -0.331. The van der Waals surface area contributed by atoms with E-state index in [1.54, 1.807) is 6.20 Å². The van der Waals surface area contributed by atoms with Gasteiger partial charge >= 0.3 is 0 Å². The zero-order valence-corrected chi connectivity index (χ0v) is 12.4. The Hall–Kier alpha value is -0.620. The second kappa shape index (κ2) is 6.22. The van der Waals surface area contributed by atoms with Crippen LogP contribution in [0.2, 0.25) is 5.02 Å². The second-order valence-corrected chi connectivity index (χ2v) is 5.73. The lowest BCUT2D eigenvalue weighted by Gasteiger charge is -2.40. The summed E-state index contributed by atoms with van der Waals surface area (Å²) in [7, 11) is 0. The second-order valence-electron chi connectivity index (χ2n) is 5.32. The molecule has 2 heterocycles. The highest BCUT2D eigenvalue weighted by atomic mass is 35.5. The summed E-state index contributed by atoms with van der Waals surface area (Å²) < 4.78 is 7.91. The van der Waals surface area contributed by atoms with Crippen molar-refractivity contribution in [3.63, 3.8) is 0 Å². The molecule has 19 heavy (non-hydrogen) atoms. The van der Waals surface area contributed by atoms with Gasteiger partial charge in [0.25, 0.3) is 0 Å². The molecule has 2 unspecified atom stereocenters. The van der Waals surface area contributed by atoms with E-state index in [0.717, 1.165) is 44.5 Å². The molecular formula is C13H23ClN4O. The highest BCUT2D eigenvalue weighted by Gasteiger charge is 2.40. The van der Waals surface area contributed by atoms with Gasteiger partial charge in [-0.25, -0.2) is 5.43 Å². The Balaban J connectivity index is 2.33. The minimum Gasteiger partial charge on any atom is -0.373 e. The SMILES string of the molecule is CCCn1ncc(Cl)c1C(NN)C1(C)CCCCO1. The molecule has 1 fully saturated rings. The number of nitrogens with one attached hydrogen (secondary N) is 1. The Labute approximate surface area is 119 Å². The molecule has 0 bridgehead atoms. The summed E-state index contributed by atoms with van der Waals surface area (Å²) in [5.74, 6) is 5.78. The fraction of sp³-hybridized carbons (Fsp3) is 0.769. The van der Waals surface area contributed by atoms with Crippen LogP contribution in [0.15, 0.2) is 6.20 Å². The quantitative estimate of drug-likeness (QED) is 0.644. The third-order valence-corrected chi connectivity index (χ3v) is 4.11. The van der Waals surface area contributed by atoms with Crippen LogP contribution in [0.4, 0.5) is 0 Å². The van der Waals surface area contributed by atoms with E-state index in [9.17, 15) is 0 Å². The highest BCUT2D eigenvalue weighted by Crippen LogP contribution is 2.38. The Kier molecular flexibility index (Phi) is 4.84. The van der Waals surface area contributed by atoms with E-state index in [2.05, 4.69) is 24.4 Å². The van der Waals surface area contributed by atoms with Gasteiger partial charge < -0.3 is 4.74 Å². The fourth-order valence-electron chi connectivity index (χ4n) is 2.78. The first kappa shape index (κ1) is 14.8. The number of aromatic nitrogens is 2. The zero-order chi connectivity index (χ0) is 13.9. The Morgan fingerprint density at radius 1 is 1.63 bits per heavy atom. The molecule has 0 amide bonds. The molecule has 5 nitrogen and oxygen atoms in total. The van der Waals surface area contributed by atoms with E-state index in [-0.39, 0.29) is 11.6 Å². The number of nitrogens with two attached hydrogens (primary N) is 1. The molecule has 3 N–H and O–H groups in total. The number of nitrogens with zero attached hydrogens (tertiary/aromatic N) is 2. The maximum atomic E-state index is 6.30. The topological polar surface area (TPSA) is 65.1 Å². The normalized spacial score (nSPS) is 25.5. The van der Waals surface area contributed by atoms with Gasteiger partial charge in [-0.15, -0.1) is 0 Å². The van der Waals surface area contributed by atoms with Crippen molar-refractivity contribution in [1.29, 1.82) is 0 Å². The zero-order valence-electron chi connectivity index (χ0n) is 11.7. The first-order valence-electron chi connectivity index (χ1n) is 6.93. The first-order valence-corrected chi connectivity index (χ1v) is 7.31. The van der Waals surface area contributed by atoms with Crippen molar-refractivity contribution in [2.45, 2.75) is 57.7 Å². The third kappa shape index (κ3) is 2.94. The number of ether oxygens (including phenoxy) is 1. The summed E-state index contributed by atoms with van der Waals surface area (Å²) in [4.78, 5) is 0. The molecule has 6 heteroatoms. The molecule has 0 aromatic carbocycles. The van der Waals surface area contributed by atoms with Gasteiger partial charge in [-0.05, 0) is 32.6 Å². The van der Waals surface area contributed by atoms with Crippen molar-refractivity contribution < 1.29 is 4.74 Å². The molecule has 2 rings (SSSR count). The van der Waals surface area contributed by atoms with Gasteiger partial charge in [0.2, 0.25) is 0 Å². The average Bonchev–Trinajstić information content (AvgIpc) is 2.74. The molecule has 0 spiro atoms. The van der Waals surface area contributed by atoms with Gasteiger partial charge in [-0.1, -0.05) is 18.5 Å². The molecule has 0 radical (unpaired) electrons. The van der Waals surface area contributed by atoms with E-state index in [4.69, 9.17) is 22.2 Å². The van der Waals surface area contributed by atoms with Crippen LogP contribution in [0.1, 0.15) is 51.3 Å². The van der Waals surface area contributed by atoms with Crippen molar-refractivity contribution in [3.05, 3.63) is 16.9 Å². The third-order valence-electron chi connectivity index (χ3n) is 3.82. The van der Waals surface area contributed by atoms with Crippen LogP contribution in [0.5, 0.6) is 0 Å². The number of aryl methyl sites for hydroxylation is 1. The predicted octanol–water partition coefficient (Wildman–Crippen LogP) is 2.41. The van der Waals surface area contributed by atoms with Gasteiger partial charge in [-0.3, -0.25) is 10.5 Å². The van der Waals surface area contributed by atoms with Crippen LogP contribution in [-0.2, 0) is 11.3 Å².